The number of rotatable bonds is 1. The number of aromatic hydroxyl groups is 1. The van der Waals surface area contributed by atoms with Gasteiger partial charge in [-0.2, -0.15) is 0 Å². The smallest absolute Gasteiger partial charge is 0.123 e. The quantitative estimate of drug-likeness (QED) is 0.705. The van der Waals surface area contributed by atoms with E-state index in [9.17, 15) is 5.11 Å². The van der Waals surface area contributed by atoms with E-state index in [4.69, 9.17) is 11.6 Å². The van der Waals surface area contributed by atoms with E-state index >= 15 is 0 Å². The van der Waals surface area contributed by atoms with Crippen LogP contribution in [-0.2, 0) is 0 Å². The second-order valence-electron chi connectivity index (χ2n) is 2.55. The lowest BCUT2D eigenvalue weighted by molar-refractivity contribution is 0.473. The number of benzene rings is 1. The van der Waals surface area contributed by atoms with Gasteiger partial charge in [0.1, 0.15) is 5.75 Å². The molecule has 1 N–H and O–H groups in total. The molecule has 0 fully saturated rings. The molecule has 1 rings (SSSR count). The van der Waals surface area contributed by atoms with Gasteiger partial charge < -0.3 is 5.11 Å². The molecule has 0 aromatic heterocycles. The Bertz CT molecular complexity index is 316. The monoisotopic (exact) mass is 181 g/mol. The zero-order valence-electron chi connectivity index (χ0n) is 6.84. The Hall–Kier alpha value is -0.950. The molecule has 0 aliphatic carbocycles. The van der Waals surface area contributed by atoms with Crippen molar-refractivity contribution in [2.45, 2.75) is 6.92 Å². The summed E-state index contributed by atoms with van der Waals surface area (Å²) in [6, 6.07) is 4.94. The van der Waals surface area contributed by atoms with Crippen molar-refractivity contribution in [3.63, 3.8) is 0 Å². The average Bonchev–Trinajstić information content (AvgIpc) is 2.08. The molecule has 2 heteroatoms. The van der Waals surface area contributed by atoms with E-state index in [2.05, 4.69) is 6.92 Å². The summed E-state index contributed by atoms with van der Waals surface area (Å²) in [5, 5.41) is 10.0. The third-order valence-corrected chi connectivity index (χ3v) is 1.92. The van der Waals surface area contributed by atoms with E-state index in [1.165, 1.54) is 0 Å². The highest BCUT2D eigenvalue weighted by atomic mass is 35.5. The van der Waals surface area contributed by atoms with Gasteiger partial charge in [0.05, 0.1) is 0 Å². The minimum absolute atomic E-state index is 0.233. The summed E-state index contributed by atoms with van der Waals surface area (Å²) in [6.45, 7) is 5.49. The fourth-order valence-corrected chi connectivity index (χ4v) is 1.11. The molecule has 1 radical (unpaired) electrons. The number of hydrogen-bond acceptors (Lipinski definition) is 1. The largest absolute Gasteiger partial charge is 0.507 e. The molecule has 0 bridgehead atoms. The van der Waals surface area contributed by atoms with Crippen molar-refractivity contribution in [1.82, 2.24) is 0 Å². The van der Waals surface area contributed by atoms with Gasteiger partial charge in [0.25, 0.3) is 0 Å². The van der Waals surface area contributed by atoms with Gasteiger partial charge in [0.2, 0.25) is 0 Å². The van der Waals surface area contributed by atoms with Gasteiger partial charge in [-0.3, -0.25) is 0 Å². The molecule has 0 atom stereocenters. The van der Waals surface area contributed by atoms with Crippen LogP contribution < -0.4 is 0 Å². The summed E-state index contributed by atoms with van der Waals surface area (Å²) in [7, 11) is 0. The maximum atomic E-state index is 9.41. The first-order valence-electron chi connectivity index (χ1n) is 3.60. The summed E-state index contributed by atoms with van der Waals surface area (Å²) in [5.41, 5.74) is 1.65. The van der Waals surface area contributed by atoms with Crippen LogP contribution in [0.5, 0.6) is 5.75 Å². The lowest BCUT2D eigenvalue weighted by Crippen LogP contribution is -1.80. The van der Waals surface area contributed by atoms with Gasteiger partial charge in [-0.25, -0.2) is 0 Å². The number of allylic oxidation sites excluding steroid dienone is 2. The molecule has 0 saturated heterocycles. The fraction of sp³-hybridized carbons (Fsp3) is 0.100. The van der Waals surface area contributed by atoms with Gasteiger partial charge in [-0.1, -0.05) is 17.7 Å². The van der Waals surface area contributed by atoms with Crippen LogP contribution in [0.4, 0.5) is 0 Å². The summed E-state index contributed by atoms with van der Waals surface area (Å²) < 4.78 is 0. The molecule has 0 saturated carbocycles. The third kappa shape index (κ3) is 1.80. The molecule has 0 heterocycles. The summed E-state index contributed by atoms with van der Waals surface area (Å²) >= 11 is 5.76. The maximum absolute atomic E-state index is 9.41. The van der Waals surface area contributed by atoms with Crippen molar-refractivity contribution in [3.05, 3.63) is 41.8 Å². The summed E-state index contributed by atoms with van der Waals surface area (Å²) in [6.07, 6.45) is 1.69. The third-order valence-electron chi connectivity index (χ3n) is 1.69. The average molecular weight is 182 g/mol. The predicted octanol–water partition coefficient (Wildman–Crippen LogP) is 3.28. The van der Waals surface area contributed by atoms with Crippen LogP contribution >= 0.6 is 11.6 Å². The summed E-state index contributed by atoms with van der Waals surface area (Å²) in [5.74, 6) is 0.233. The van der Waals surface area contributed by atoms with Crippen LogP contribution in [0.25, 0.3) is 5.57 Å². The Morgan fingerprint density at radius 1 is 1.58 bits per heavy atom. The van der Waals surface area contributed by atoms with E-state index in [1.807, 2.05) is 6.92 Å². The van der Waals surface area contributed by atoms with Crippen molar-refractivity contribution in [3.8, 4) is 5.75 Å². The highest BCUT2D eigenvalue weighted by molar-refractivity contribution is 6.30. The zero-order chi connectivity index (χ0) is 9.14. The van der Waals surface area contributed by atoms with Crippen LogP contribution in [0.3, 0.4) is 0 Å². The zero-order valence-corrected chi connectivity index (χ0v) is 7.60. The normalized spacial score (nSPS) is 11.8. The van der Waals surface area contributed by atoms with Gasteiger partial charge in [0.15, 0.2) is 0 Å². The molecule has 0 unspecified atom stereocenters. The van der Waals surface area contributed by atoms with E-state index in [0.29, 0.717) is 5.02 Å². The van der Waals surface area contributed by atoms with Crippen molar-refractivity contribution < 1.29 is 5.11 Å². The first kappa shape index (κ1) is 9.14. The SMILES string of the molecule is [CH2]/C=C(/C)c1cc(Cl)ccc1O. The molecular formula is C10H10ClO. The second-order valence-corrected chi connectivity index (χ2v) is 2.99. The van der Waals surface area contributed by atoms with Crippen LogP contribution in [0.15, 0.2) is 24.3 Å². The minimum Gasteiger partial charge on any atom is -0.507 e. The molecule has 0 aliphatic heterocycles. The molecule has 0 spiro atoms. The van der Waals surface area contributed by atoms with E-state index < -0.39 is 0 Å². The lowest BCUT2D eigenvalue weighted by atomic mass is 10.1. The van der Waals surface area contributed by atoms with Crippen molar-refractivity contribution >= 4 is 17.2 Å². The van der Waals surface area contributed by atoms with Gasteiger partial charge >= 0.3 is 0 Å². The highest BCUT2D eigenvalue weighted by Crippen LogP contribution is 2.27. The maximum Gasteiger partial charge on any atom is 0.123 e. The molecule has 1 aromatic carbocycles. The topological polar surface area (TPSA) is 20.2 Å². The Morgan fingerprint density at radius 2 is 2.25 bits per heavy atom. The number of phenolic OH excluding ortho intramolecular Hbond substituents is 1. The van der Waals surface area contributed by atoms with E-state index in [0.717, 1.165) is 11.1 Å². The lowest BCUT2D eigenvalue weighted by Gasteiger charge is -2.04. The molecular weight excluding hydrogens is 172 g/mol. The van der Waals surface area contributed by atoms with Crippen LogP contribution in [-0.4, -0.2) is 5.11 Å². The molecule has 12 heavy (non-hydrogen) atoms. The van der Waals surface area contributed by atoms with Crippen molar-refractivity contribution in [2.24, 2.45) is 0 Å². The molecule has 1 aromatic rings. The molecule has 0 aliphatic rings. The fourth-order valence-electron chi connectivity index (χ4n) is 0.934. The predicted molar refractivity (Wildman–Crippen MR) is 52.1 cm³/mol. The Kier molecular flexibility index (Phi) is 2.77. The number of phenols is 1. The summed E-state index contributed by atoms with van der Waals surface area (Å²) in [4.78, 5) is 0. The van der Waals surface area contributed by atoms with Crippen molar-refractivity contribution in [1.29, 1.82) is 0 Å². The molecule has 63 valence electrons. The molecule has 1 nitrogen and oxygen atoms in total. The minimum atomic E-state index is 0.233. The van der Waals surface area contributed by atoms with Gasteiger partial charge in [0, 0.05) is 10.6 Å². The number of halogens is 1. The standard InChI is InChI=1S/C10H10ClO/c1-3-7(2)9-6-8(11)4-5-10(9)12/h3-6,12H,1H2,2H3/b7-3-. The second kappa shape index (κ2) is 3.63. The Labute approximate surface area is 77.3 Å². The Morgan fingerprint density at radius 3 is 2.83 bits per heavy atom. The number of hydrogen-bond donors (Lipinski definition) is 1. The molecule has 0 amide bonds. The first-order chi connectivity index (χ1) is 5.65. The van der Waals surface area contributed by atoms with Crippen molar-refractivity contribution in [2.75, 3.05) is 0 Å². The van der Waals surface area contributed by atoms with Gasteiger partial charge in [-0.15, -0.1) is 0 Å². The van der Waals surface area contributed by atoms with E-state index in [1.54, 1.807) is 24.3 Å². The van der Waals surface area contributed by atoms with Crippen LogP contribution in [0.2, 0.25) is 5.02 Å². The first-order valence-corrected chi connectivity index (χ1v) is 3.98. The van der Waals surface area contributed by atoms with Crippen LogP contribution in [0, 0.1) is 6.92 Å². The van der Waals surface area contributed by atoms with Crippen LogP contribution in [0.1, 0.15) is 12.5 Å². The highest BCUT2D eigenvalue weighted by Gasteiger charge is 2.02. The van der Waals surface area contributed by atoms with E-state index in [-0.39, 0.29) is 5.75 Å². The Balaban J connectivity index is 3.23. The van der Waals surface area contributed by atoms with Gasteiger partial charge in [-0.05, 0) is 37.6 Å².